The predicted molar refractivity (Wildman–Crippen MR) is 97.0 cm³/mol. The summed E-state index contributed by atoms with van der Waals surface area (Å²) in [5, 5.41) is 16.0. The molecule has 2 aromatic carbocycles. The van der Waals surface area contributed by atoms with Gasteiger partial charge in [-0.2, -0.15) is 0 Å². The van der Waals surface area contributed by atoms with Gasteiger partial charge in [0, 0.05) is 18.5 Å². The summed E-state index contributed by atoms with van der Waals surface area (Å²) < 4.78 is 0. The lowest BCUT2D eigenvalue weighted by molar-refractivity contribution is -0.122. The Balaban J connectivity index is 1.67. The van der Waals surface area contributed by atoms with E-state index in [0.717, 1.165) is 5.56 Å². The average Bonchev–Trinajstić information content (AvgIpc) is 2.65. The van der Waals surface area contributed by atoms with Gasteiger partial charge in [0.05, 0.1) is 6.54 Å². The lowest BCUT2D eigenvalue weighted by Gasteiger charge is -2.24. The zero-order valence-corrected chi connectivity index (χ0v) is 14.4. The number of carbonyl (C=O) groups excluding carboxylic acids is 2. The molecule has 25 heavy (non-hydrogen) atoms. The molecule has 2 aromatic rings. The Morgan fingerprint density at radius 2 is 1.56 bits per heavy atom. The second-order valence-corrected chi connectivity index (χ2v) is 6.14. The molecule has 0 fully saturated rings. The number of benzene rings is 2. The molecule has 5 heteroatoms. The smallest absolute Gasteiger partial charge is 0.251 e. The molecule has 0 radical (unpaired) electrons. The number of rotatable bonds is 8. The van der Waals surface area contributed by atoms with Gasteiger partial charge in [-0.25, -0.2) is 0 Å². The number of nitrogens with one attached hydrogen (secondary N) is 2. The first-order chi connectivity index (χ1) is 12.0. The van der Waals surface area contributed by atoms with Gasteiger partial charge in [-0.3, -0.25) is 9.59 Å². The van der Waals surface area contributed by atoms with Crippen LogP contribution in [0.25, 0.3) is 0 Å². The molecule has 5 nitrogen and oxygen atoms in total. The fraction of sp³-hybridized carbons (Fsp3) is 0.300. The maximum atomic E-state index is 11.9. The van der Waals surface area contributed by atoms with Gasteiger partial charge in [0.25, 0.3) is 5.91 Å². The van der Waals surface area contributed by atoms with E-state index in [1.54, 1.807) is 31.2 Å². The van der Waals surface area contributed by atoms with E-state index >= 15 is 0 Å². The quantitative estimate of drug-likeness (QED) is 0.645. The van der Waals surface area contributed by atoms with E-state index in [-0.39, 0.29) is 18.4 Å². The second kappa shape index (κ2) is 8.99. The summed E-state index contributed by atoms with van der Waals surface area (Å²) >= 11 is 0. The van der Waals surface area contributed by atoms with E-state index < -0.39 is 5.60 Å². The third kappa shape index (κ3) is 6.04. The van der Waals surface area contributed by atoms with E-state index in [9.17, 15) is 14.7 Å². The number of amides is 2. The molecule has 0 aliphatic carbocycles. The highest BCUT2D eigenvalue weighted by Crippen LogP contribution is 2.18. The minimum atomic E-state index is -1.11. The van der Waals surface area contributed by atoms with E-state index in [1.807, 2.05) is 36.4 Å². The van der Waals surface area contributed by atoms with Crippen molar-refractivity contribution in [2.24, 2.45) is 0 Å². The summed E-state index contributed by atoms with van der Waals surface area (Å²) in [5.74, 6) is -0.293. The average molecular weight is 340 g/mol. The molecule has 1 atom stereocenters. The van der Waals surface area contributed by atoms with Gasteiger partial charge in [0.15, 0.2) is 0 Å². The van der Waals surface area contributed by atoms with Crippen molar-refractivity contribution in [2.45, 2.75) is 25.4 Å². The van der Waals surface area contributed by atoms with Crippen LogP contribution >= 0.6 is 0 Å². The van der Waals surface area contributed by atoms with Crippen LogP contribution in [0, 0.1) is 0 Å². The molecule has 3 N–H and O–H groups in total. The van der Waals surface area contributed by atoms with Crippen molar-refractivity contribution in [2.75, 3.05) is 13.1 Å². The van der Waals surface area contributed by atoms with Crippen molar-refractivity contribution >= 4 is 11.8 Å². The minimum absolute atomic E-state index is 0.145. The molecule has 1 unspecified atom stereocenters. The third-order valence-corrected chi connectivity index (χ3v) is 3.93. The molecular weight excluding hydrogens is 316 g/mol. The zero-order valence-electron chi connectivity index (χ0n) is 14.4. The van der Waals surface area contributed by atoms with Crippen molar-refractivity contribution < 1.29 is 14.7 Å². The van der Waals surface area contributed by atoms with Gasteiger partial charge in [-0.1, -0.05) is 48.5 Å². The van der Waals surface area contributed by atoms with Gasteiger partial charge in [0.1, 0.15) is 5.60 Å². The number of carbonyl (C=O) groups is 2. The molecule has 0 aliphatic heterocycles. The Hall–Kier alpha value is -2.66. The van der Waals surface area contributed by atoms with Crippen LogP contribution in [0.2, 0.25) is 0 Å². The lowest BCUT2D eigenvalue weighted by Crippen LogP contribution is -2.38. The standard InChI is InChI=1S/C20H24N2O3/c1-20(25,17-11-6-3-7-12-17)15-22-18(23)13-8-14-21-19(24)16-9-4-2-5-10-16/h2-7,9-12,25H,8,13-15H2,1H3,(H,21,24)(H,22,23). The molecule has 0 spiro atoms. The van der Waals surface area contributed by atoms with Crippen LogP contribution in [0.4, 0.5) is 0 Å². The van der Waals surface area contributed by atoms with Gasteiger partial charge >= 0.3 is 0 Å². The monoisotopic (exact) mass is 340 g/mol. The Morgan fingerprint density at radius 1 is 0.960 bits per heavy atom. The SMILES string of the molecule is CC(O)(CNC(=O)CCCNC(=O)c1ccccc1)c1ccccc1. The summed E-state index contributed by atoms with van der Waals surface area (Å²) in [5.41, 5.74) is 0.245. The van der Waals surface area contributed by atoms with E-state index in [0.29, 0.717) is 24.9 Å². The van der Waals surface area contributed by atoms with E-state index in [1.165, 1.54) is 0 Å². The summed E-state index contributed by atoms with van der Waals surface area (Å²) in [4.78, 5) is 23.8. The highest BCUT2D eigenvalue weighted by atomic mass is 16.3. The number of hydrogen-bond donors (Lipinski definition) is 3. The van der Waals surface area contributed by atoms with E-state index in [2.05, 4.69) is 10.6 Å². The minimum Gasteiger partial charge on any atom is -0.384 e. The Labute approximate surface area is 148 Å². The van der Waals surface area contributed by atoms with Crippen LogP contribution in [-0.4, -0.2) is 30.0 Å². The van der Waals surface area contributed by atoms with Crippen LogP contribution in [0.1, 0.15) is 35.7 Å². The first kappa shape index (κ1) is 18.7. The zero-order chi connectivity index (χ0) is 18.1. The molecule has 0 aliphatic rings. The summed E-state index contributed by atoms with van der Waals surface area (Å²) in [6, 6.07) is 18.2. The molecule has 132 valence electrons. The maximum absolute atomic E-state index is 11.9. The largest absolute Gasteiger partial charge is 0.384 e. The topological polar surface area (TPSA) is 78.4 Å². The molecule has 0 aromatic heterocycles. The fourth-order valence-corrected chi connectivity index (χ4v) is 2.40. The first-order valence-electron chi connectivity index (χ1n) is 8.37. The summed E-state index contributed by atoms with van der Waals surface area (Å²) in [6.45, 7) is 2.24. The first-order valence-corrected chi connectivity index (χ1v) is 8.37. The van der Waals surface area contributed by atoms with Crippen molar-refractivity contribution in [3.8, 4) is 0 Å². The Bertz CT molecular complexity index is 685. The van der Waals surface area contributed by atoms with E-state index in [4.69, 9.17) is 0 Å². The molecule has 0 bridgehead atoms. The summed E-state index contributed by atoms with van der Waals surface area (Å²) in [7, 11) is 0. The third-order valence-electron chi connectivity index (χ3n) is 3.93. The van der Waals surface area contributed by atoms with Crippen molar-refractivity contribution in [3.63, 3.8) is 0 Å². The molecule has 2 rings (SSSR count). The van der Waals surface area contributed by atoms with Crippen LogP contribution in [0.15, 0.2) is 60.7 Å². The Kier molecular flexibility index (Phi) is 6.71. The van der Waals surface area contributed by atoms with Crippen molar-refractivity contribution in [3.05, 3.63) is 71.8 Å². The summed E-state index contributed by atoms with van der Waals surface area (Å²) in [6.07, 6.45) is 0.831. The van der Waals surface area contributed by atoms with Crippen molar-refractivity contribution in [1.82, 2.24) is 10.6 Å². The fourth-order valence-electron chi connectivity index (χ4n) is 2.40. The number of hydrogen-bond acceptors (Lipinski definition) is 3. The van der Waals surface area contributed by atoms with Gasteiger partial charge in [0.2, 0.25) is 5.91 Å². The van der Waals surface area contributed by atoms with Gasteiger partial charge in [-0.15, -0.1) is 0 Å². The van der Waals surface area contributed by atoms with Crippen LogP contribution < -0.4 is 10.6 Å². The van der Waals surface area contributed by atoms with Crippen LogP contribution in [-0.2, 0) is 10.4 Å². The second-order valence-electron chi connectivity index (χ2n) is 6.14. The molecule has 0 saturated heterocycles. The number of aliphatic hydroxyl groups is 1. The molecule has 2 amide bonds. The molecule has 0 saturated carbocycles. The van der Waals surface area contributed by atoms with Crippen LogP contribution in [0.5, 0.6) is 0 Å². The van der Waals surface area contributed by atoms with Gasteiger partial charge in [-0.05, 0) is 31.0 Å². The molecular formula is C20H24N2O3. The highest BCUT2D eigenvalue weighted by molar-refractivity contribution is 5.94. The highest BCUT2D eigenvalue weighted by Gasteiger charge is 2.23. The van der Waals surface area contributed by atoms with Gasteiger partial charge < -0.3 is 15.7 Å². The maximum Gasteiger partial charge on any atom is 0.251 e. The molecule has 0 heterocycles. The van der Waals surface area contributed by atoms with Crippen LogP contribution in [0.3, 0.4) is 0 Å². The normalized spacial score (nSPS) is 12.9. The predicted octanol–water partition coefficient (Wildman–Crippen LogP) is 2.22. The lowest BCUT2D eigenvalue weighted by atomic mass is 9.96. The van der Waals surface area contributed by atoms with Crippen molar-refractivity contribution in [1.29, 1.82) is 0 Å². The Morgan fingerprint density at radius 3 is 2.20 bits per heavy atom.